The fourth-order valence-electron chi connectivity index (χ4n) is 2.02. The van der Waals surface area contributed by atoms with Crippen LogP contribution in [-0.2, 0) is 0 Å². The summed E-state index contributed by atoms with van der Waals surface area (Å²) < 4.78 is 8.02. The van der Waals surface area contributed by atoms with Crippen LogP contribution in [0.3, 0.4) is 0 Å². The topological polar surface area (TPSA) is 67.7 Å². The molecule has 1 N–H and O–H groups in total. The summed E-state index contributed by atoms with van der Waals surface area (Å²) in [5.41, 5.74) is 3.43. The van der Waals surface area contributed by atoms with Crippen LogP contribution in [-0.4, -0.2) is 15.1 Å². The van der Waals surface area contributed by atoms with E-state index in [1.165, 1.54) is 10.9 Å². The van der Waals surface area contributed by atoms with Gasteiger partial charge in [-0.15, -0.1) is 0 Å². The zero-order chi connectivity index (χ0) is 13.4. The SMILES string of the molecule is Cc1cc(C)n(-c2ccc(-[n+]3cc(=O)o[nH]3)cc2)n1. The predicted molar refractivity (Wildman–Crippen MR) is 67.5 cm³/mol. The van der Waals surface area contributed by atoms with Crippen LogP contribution in [0, 0.1) is 13.8 Å². The first-order chi connectivity index (χ1) is 9.13. The lowest BCUT2D eigenvalue weighted by atomic mass is 10.3. The molecule has 96 valence electrons. The van der Waals surface area contributed by atoms with Gasteiger partial charge in [-0.05, 0) is 42.0 Å². The Labute approximate surface area is 108 Å². The number of nitrogens with one attached hydrogen (secondary N) is 1. The van der Waals surface area contributed by atoms with E-state index in [-0.39, 0.29) is 0 Å². The van der Waals surface area contributed by atoms with Gasteiger partial charge in [0.05, 0.1) is 11.4 Å². The lowest BCUT2D eigenvalue weighted by Crippen LogP contribution is -2.32. The second-order valence-corrected chi connectivity index (χ2v) is 4.37. The molecule has 2 aromatic heterocycles. The van der Waals surface area contributed by atoms with Gasteiger partial charge in [0, 0.05) is 17.8 Å². The van der Waals surface area contributed by atoms with Gasteiger partial charge in [-0.3, -0.25) is 4.52 Å². The normalized spacial score (nSPS) is 10.8. The summed E-state index contributed by atoms with van der Waals surface area (Å²) in [6.45, 7) is 3.97. The first kappa shape index (κ1) is 11.5. The summed E-state index contributed by atoms with van der Waals surface area (Å²) in [5.74, 6) is 0. The summed E-state index contributed by atoms with van der Waals surface area (Å²) in [7, 11) is 0. The molecule has 3 aromatic rings. The molecule has 0 fully saturated rings. The number of benzene rings is 1. The van der Waals surface area contributed by atoms with E-state index in [1.54, 1.807) is 0 Å². The summed E-state index contributed by atoms with van der Waals surface area (Å²) in [4.78, 5) is 11.0. The molecule has 0 amide bonds. The summed E-state index contributed by atoms with van der Waals surface area (Å²) in [6, 6.07) is 9.67. The Balaban J connectivity index is 1.99. The lowest BCUT2D eigenvalue weighted by Gasteiger charge is -2.03. The number of aryl methyl sites for hydroxylation is 2. The average molecular weight is 257 g/mol. The number of hydrogen-bond acceptors (Lipinski definition) is 3. The number of nitrogens with zero attached hydrogens (tertiary/aromatic N) is 3. The third kappa shape index (κ3) is 2.08. The highest BCUT2D eigenvalue weighted by molar-refractivity contribution is 5.38. The number of rotatable bonds is 2. The molecule has 0 atom stereocenters. The molecule has 0 saturated carbocycles. The monoisotopic (exact) mass is 257 g/mol. The van der Waals surface area contributed by atoms with Gasteiger partial charge in [0.15, 0.2) is 0 Å². The molecule has 0 aliphatic rings. The van der Waals surface area contributed by atoms with Gasteiger partial charge >= 0.3 is 5.63 Å². The number of aromatic amines is 1. The molecule has 6 heteroatoms. The highest BCUT2D eigenvalue weighted by atomic mass is 16.5. The predicted octanol–water partition coefficient (Wildman–Crippen LogP) is 1.05. The van der Waals surface area contributed by atoms with Crippen molar-refractivity contribution in [2.45, 2.75) is 13.8 Å². The number of hydrogen-bond donors (Lipinski definition) is 1. The Morgan fingerprint density at radius 3 is 2.53 bits per heavy atom. The van der Waals surface area contributed by atoms with Gasteiger partial charge in [0.1, 0.15) is 0 Å². The second-order valence-electron chi connectivity index (χ2n) is 4.37. The zero-order valence-corrected chi connectivity index (χ0v) is 10.6. The van der Waals surface area contributed by atoms with Crippen LogP contribution in [0.4, 0.5) is 0 Å². The molecule has 1 aromatic carbocycles. The highest BCUT2D eigenvalue weighted by Gasteiger charge is 2.11. The molecular weight excluding hydrogens is 244 g/mol. The van der Waals surface area contributed by atoms with Crippen molar-refractivity contribution in [3.63, 3.8) is 0 Å². The van der Waals surface area contributed by atoms with Gasteiger partial charge in [-0.2, -0.15) is 5.10 Å². The van der Waals surface area contributed by atoms with Crippen LogP contribution in [0.2, 0.25) is 0 Å². The summed E-state index contributed by atoms with van der Waals surface area (Å²) in [5, 5.41) is 6.92. The molecule has 0 spiro atoms. The molecule has 6 nitrogen and oxygen atoms in total. The lowest BCUT2D eigenvalue weighted by molar-refractivity contribution is -0.670. The van der Waals surface area contributed by atoms with Crippen molar-refractivity contribution in [2.24, 2.45) is 0 Å². The molecule has 0 bridgehead atoms. The van der Waals surface area contributed by atoms with Crippen molar-refractivity contribution in [1.82, 2.24) is 15.1 Å². The van der Waals surface area contributed by atoms with E-state index in [0.29, 0.717) is 0 Å². The van der Waals surface area contributed by atoms with Gasteiger partial charge in [0.25, 0.3) is 6.20 Å². The Bertz CT molecular complexity index is 765. The van der Waals surface area contributed by atoms with Crippen molar-refractivity contribution in [3.05, 3.63) is 58.3 Å². The van der Waals surface area contributed by atoms with Crippen LogP contribution in [0.1, 0.15) is 11.4 Å². The van der Waals surface area contributed by atoms with Gasteiger partial charge < -0.3 is 0 Å². The highest BCUT2D eigenvalue weighted by Crippen LogP contribution is 2.12. The van der Waals surface area contributed by atoms with E-state index in [4.69, 9.17) is 0 Å². The van der Waals surface area contributed by atoms with Crippen molar-refractivity contribution < 1.29 is 9.20 Å². The van der Waals surface area contributed by atoms with Crippen molar-refractivity contribution in [1.29, 1.82) is 0 Å². The standard InChI is InChI=1S/C13H12N4O2/c1-9-7-10(2)17(14-9)12-5-3-11(4-6-12)16-8-13(18)19-15-16/h3-8H,1-2H3/p+1. The molecule has 0 aliphatic carbocycles. The van der Waals surface area contributed by atoms with Crippen LogP contribution in [0.25, 0.3) is 11.4 Å². The maximum Gasteiger partial charge on any atom is 0.427 e. The molecule has 0 radical (unpaired) electrons. The third-order valence-electron chi connectivity index (χ3n) is 2.86. The fourth-order valence-corrected chi connectivity index (χ4v) is 2.02. The van der Waals surface area contributed by atoms with E-state index < -0.39 is 5.63 Å². The molecule has 0 aliphatic heterocycles. The second kappa shape index (κ2) is 4.24. The number of aromatic nitrogens is 4. The van der Waals surface area contributed by atoms with E-state index in [2.05, 4.69) is 14.9 Å². The molecule has 0 saturated heterocycles. The van der Waals surface area contributed by atoms with Gasteiger partial charge in [-0.1, -0.05) is 0 Å². The quantitative estimate of drug-likeness (QED) is 0.698. The average Bonchev–Trinajstić information content (AvgIpc) is 2.96. The first-order valence-corrected chi connectivity index (χ1v) is 5.88. The minimum Gasteiger partial charge on any atom is -0.283 e. The first-order valence-electron chi connectivity index (χ1n) is 5.88. The van der Waals surface area contributed by atoms with Crippen LogP contribution in [0.15, 0.2) is 45.8 Å². The Morgan fingerprint density at radius 2 is 2.00 bits per heavy atom. The van der Waals surface area contributed by atoms with Gasteiger partial charge in [0.2, 0.25) is 5.69 Å². The Morgan fingerprint density at radius 1 is 1.26 bits per heavy atom. The minimum absolute atomic E-state index is 0.414. The summed E-state index contributed by atoms with van der Waals surface area (Å²) >= 11 is 0. The van der Waals surface area contributed by atoms with E-state index in [9.17, 15) is 4.79 Å². The maximum atomic E-state index is 11.0. The Hall–Kier alpha value is -2.63. The maximum absolute atomic E-state index is 11.0. The molecule has 2 heterocycles. The van der Waals surface area contributed by atoms with Crippen molar-refractivity contribution in [3.8, 4) is 11.4 Å². The fraction of sp³-hybridized carbons (Fsp3) is 0.154. The van der Waals surface area contributed by atoms with Crippen molar-refractivity contribution >= 4 is 0 Å². The van der Waals surface area contributed by atoms with Crippen LogP contribution in [0.5, 0.6) is 0 Å². The van der Waals surface area contributed by atoms with Crippen LogP contribution >= 0.6 is 0 Å². The molecular formula is C13H13N4O2+. The molecule has 3 rings (SSSR count). The van der Waals surface area contributed by atoms with E-state index in [1.807, 2.05) is 48.9 Å². The largest absolute Gasteiger partial charge is 0.427 e. The molecule has 19 heavy (non-hydrogen) atoms. The van der Waals surface area contributed by atoms with Crippen molar-refractivity contribution in [2.75, 3.05) is 0 Å². The molecule has 0 unspecified atom stereocenters. The Kier molecular flexibility index (Phi) is 2.56. The van der Waals surface area contributed by atoms with Gasteiger partial charge in [-0.25, -0.2) is 9.48 Å². The van der Waals surface area contributed by atoms with E-state index in [0.717, 1.165) is 22.8 Å². The number of H-pyrrole nitrogens is 1. The van der Waals surface area contributed by atoms with E-state index >= 15 is 0 Å². The summed E-state index contributed by atoms with van der Waals surface area (Å²) in [6.07, 6.45) is 1.35. The van der Waals surface area contributed by atoms with Crippen LogP contribution < -0.4 is 10.3 Å². The minimum atomic E-state index is -0.414. The third-order valence-corrected chi connectivity index (χ3v) is 2.86. The smallest absolute Gasteiger partial charge is 0.283 e. The zero-order valence-electron chi connectivity index (χ0n) is 10.6.